The molecular weight excluding hydrogens is 483 g/mol. The van der Waals surface area contributed by atoms with Crippen molar-refractivity contribution in [1.29, 1.82) is 0 Å². The predicted molar refractivity (Wildman–Crippen MR) is 135 cm³/mol. The van der Waals surface area contributed by atoms with E-state index in [9.17, 15) is 9.18 Å². The maximum atomic E-state index is 13.1. The van der Waals surface area contributed by atoms with Crippen LogP contribution in [-0.4, -0.2) is 29.0 Å². The van der Waals surface area contributed by atoms with Crippen LogP contribution in [0.25, 0.3) is 22.3 Å². The molecule has 0 saturated carbocycles. The molecule has 0 saturated heterocycles. The molecule has 1 aromatic heterocycles. The van der Waals surface area contributed by atoms with E-state index in [1.165, 1.54) is 12.1 Å². The molecule has 0 bridgehead atoms. The number of benzene rings is 3. The van der Waals surface area contributed by atoms with Gasteiger partial charge in [0.2, 0.25) is 5.91 Å². The van der Waals surface area contributed by atoms with Gasteiger partial charge in [-0.25, -0.2) is 14.4 Å². The zero-order valence-corrected chi connectivity index (χ0v) is 19.8. The van der Waals surface area contributed by atoms with Gasteiger partial charge in [-0.2, -0.15) is 0 Å². The second-order valence-corrected chi connectivity index (χ2v) is 8.61. The van der Waals surface area contributed by atoms with Gasteiger partial charge in [-0.1, -0.05) is 47.1 Å². The number of hydrogen-bond donors (Lipinski definition) is 1. The Kier molecular flexibility index (Phi) is 7.29. The van der Waals surface area contributed by atoms with E-state index < -0.39 is 0 Å². The van der Waals surface area contributed by atoms with Crippen molar-refractivity contribution < 1.29 is 9.18 Å². The smallest absolute Gasteiger partial charge is 0.226 e. The molecular formula is C26H24BrFN4O. The molecule has 1 N–H and O–H groups in total. The van der Waals surface area contributed by atoms with Gasteiger partial charge in [0.15, 0.2) is 5.82 Å². The molecule has 0 aliphatic rings. The van der Waals surface area contributed by atoms with Gasteiger partial charge >= 0.3 is 0 Å². The van der Waals surface area contributed by atoms with Crippen LogP contribution >= 0.6 is 15.9 Å². The van der Waals surface area contributed by atoms with Crippen LogP contribution in [0.15, 0.2) is 77.3 Å². The Bertz CT molecular complexity index is 1260. The third kappa shape index (κ3) is 5.73. The Balaban J connectivity index is 1.62. The molecule has 5 nitrogen and oxygen atoms in total. The Labute approximate surface area is 200 Å². The van der Waals surface area contributed by atoms with Crippen molar-refractivity contribution in [2.45, 2.75) is 19.8 Å². The summed E-state index contributed by atoms with van der Waals surface area (Å²) in [4.78, 5) is 24.4. The van der Waals surface area contributed by atoms with Crippen LogP contribution in [0.1, 0.15) is 19.8 Å². The summed E-state index contributed by atoms with van der Waals surface area (Å²) in [6.07, 6.45) is 1.19. The Morgan fingerprint density at radius 1 is 1.00 bits per heavy atom. The van der Waals surface area contributed by atoms with Crippen molar-refractivity contribution in [2.24, 2.45) is 0 Å². The summed E-state index contributed by atoms with van der Waals surface area (Å²) in [6.45, 7) is 3.35. The fourth-order valence-electron chi connectivity index (χ4n) is 3.64. The maximum Gasteiger partial charge on any atom is 0.226 e. The third-order valence-electron chi connectivity index (χ3n) is 5.20. The van der Waals surface area contributed by atoms with Gasteiger partial charge in [0.1, 0.15) is 11.6 Å². The highest BCUT2D eigenvalue weighted by molar-refractivity contribution is 9.10. The first-order valence-corrected chi connectivity index (χ1v) is 11.7. The quantitative estimate of drug-likeness (QED) is 0.298. The van der Waals surface area contributed by atoms with Crippen LogP contribution in [0.2, 0.25) is 0 Å². The highest BCUT2D eigenvalue weighted by atomic mass is 79.9. The van der Waals surface area contributed by atoms with E-state index in [4.69, 9.17) is 9.97 Å². The first-order chi connectivity index (χ1) is 16.0. The number of aromatic nitrogens is 2. The lowest BCUT2D eigenvalue weighted by atomic mass is 10.1. The van der Waals surface area contributed by atoms with Crippen LogP contribution in [0.4, 0.5) is 15.9 Å². The SMILES string of the molecule is CCCN(CCC(=O)Nc1ccc(F)cc1)c1nc(-c2cccc(Br)c2)nc2ccccc12. The molecule has 4 aromatic rings. The molecule has 4 rings (SSSR count). The van der Waals surface area contributed by atoms with E-state index in [-0.39, 0.29) is 18.1 Å². The zero-order chi connectivity index (χ0) is 23.2. The van der Waals surface area contributed by atoms with Gasteiger partial charge in [-0.15, -0.1) is 0 Å². The van der Waals surface area contributed by atoms with Crippen molar-refractivity contribution in [3.63, 3.8) is 0 Å². The number of anilines is 2. The minimum atomic E-state index is -0.334. The molecule has 0 spiro atoms. The van der Waals surface area contributed by atoms with Crippen LogP contribution < -0.4 is 10.2 Å². The Hall–Kier alpha value is -3.32. The number of rotatable bonds is 8. The van der Waals surface area contributed by atoms with E-state index in [0.717, 1.165) is 39.7 Å². The number of carbonyl (C=O) groups excluding carboxylic acids is 1. The number of carbonyl (C=O) groups is 1. The topological polar surface area (TPSA) is 58.1 Å². The number of fused-ring (bicyclic) bond motifs is 1. The van der Waals surface area contributed by atoms with Gasteiger partial charge in [-0.05, 0) is 55.0 Å². The number of amides is 1. The zero-order valence-electron chi connectivity index (χ0n) is 18.3. The maximum absolute atomic E-state index is 13.1. The van der Waals surface area contributed by atoms with Crippen molar-refractivity contribution in [3.05, 3.63) is 83.1 Å². The summed E-state index contributed by atoms with van der Waals surface area (Å²) in [5.74, 6) is 0.987. The molecule has 33 heavy (non-hydrogen) atoms. The van der Waals surface area contributed by atoms with Crippen LogP contribution in [-0.2, 0) is 4.79 Å². The first kappa shape index (κ1) is 22.9. The fraction of sp³-hybridized carbons (Fsp3) is 0.192. The van der Waals surface area contributed by atoms with Crippen molar-refractivity contribution in [1.82, 2.24) is 9.97 Å². The number of hydrogen-bond acceptors (Lipinski definition) is 4. The minimum Gasteiger partial charge on any atom is -0.355 e. The van der Waals surface area contributed by atoms with E-state index in [2.05, 4.69) is 33.1 Å². The molecule has 1 amide bonds. The average molecular weight is 507 g/mol. The van der Waals surface area contributed by atoms with Crippen LogP contribution in [0.3, 0.4) is 0 Å². The van der Waals surface area contributed by atoms with Crippen LogP contribution in [0, 0.1) is 5.82 Å². The lowest BCUT2D eigenvalue weighted by molar-refractivity contribution is -0.116. The molecule has 0 fully saturated rings. The largest absolute Gasteiger partial charge is 0.355 e. The standard InChI is InChI=1S/C26H24BrFN4O/c1-2-15-32(16-14-24(33)29-21-12-10-20(28)11-13-21)26-22-8-3-4-9-23(22)30-25(31-26)18-6-5-7-19(27)17-18/h3-13,17H,2,14-16H2,1H3,(H,29,33). The number of nitrogens with one attached hydrogen (secondary N) is 1. The van der Waals surface area contributed by atoms with Crippen molar-refractivity contribution in [3.8, 4) is 11.4 Å². The van der Waals surface area contributed by atoms with Crippen LogP contribution in [0.5, 0.6) is 0 Å². The van der Waals surface area contributed by atoms with Gasteiger partial charge in [-0.3, -0.25) is 4.79 Å². The Morgan fingerprint density at radius 2 is 1.79 bits per heavy atom. The van der Waals surface area contributed by atoms with Gasteiger partial charge in [0, 0.05) is 40.6 Å². The molecule has 0 aliphatic heterocycles. The van der Waals surface area contributed by atoms with E-state index in [1.54, 1.807) is 12.1 Å². The molecule has 1 heterocycles. The second kappa shape index (κ2) is 10.5. The Morgan fingerprint density at radius 3 is 2.55 bits per heavy atom. The van der Waals surface area contributed by atoms with Crippen molar-refractivity contribution in [2.75, 3.05) is 23.3 Å². The highest BCUT2D eigenvalue weighted by Gasteiger charge is 2.16. The summed E-state index contributed by atoms with van der Waals surface area (Å²) >= 11 is 3.52. The molecule has 0 radical (unpaired) electrons. The van der Waals surface area contributed by atoms with Gasteiger partial charge in [0.25, 0.3) is 0 Å². The lowest BCUT2D eigenvalue weighted by Gasteiger charge is -2.25. The molecule has 0 atom stereocenters. The summed E-state index contributed by atoms with van der Waals surface area (Å²) in [5, 5.41) is 3.78. The minimum absolute atomic E-state index is 0.131. The monoisotopic (exact) mass is 506 g/mol. The lowest BCUT2D eigenvalue weighted by Crippen LogP contribution is -2.29. The summed E-state index contributed by atoms with van der Waals surface area (Å²) in [5.41, 5.74) is 2.35. The van der Waals surface area contributed by atoms with E-state index in [1.807, 2.05) is 48.5 Å². The molecule has 7 heteroatoms. The summed E-state index contributed by atoms with van der Waals surface area (Å²) in [6, 6.07) is 21.6. The van der Waals surface area contributed by atoms with E-state index >= 15 is 0 Å². The highest BCUT2D eigenvalue weighted by Crippen LogP contribution is 2.29. The molecule has 0 unspecified atom stereocenters. The van der Waals surface area contributed by atoms with Crippen molar-refractivity contribution >= 4 is 44.2 Å². The normalized spacial score (nSPS) is 10.9. The average Bonchev–Trinajstić information content (AvgIpc) is 2.82. The van der Waals surface area contributed by atoms with E-state index in [0.29, 0.717) is 18.1 Å². The first-order valence-electron chi connectivity index (χ1n) is 10.9. The third-order valence-corrected chi connectivity index (χ3v) is 5.69. The van der Waals surface area contributed by atoms with Gasteiger partial charge in [0.05, 0.1) is 5.52 Å². The summed E-state index contributed by atoms with van der Waals surface area (Å²) < 4.78 is 14.1. The predicted octanol–water partition coefficient (Wildman–Crippen LogP) is 6.44. The number of halogens is 2. The van der Waals surface area contributed by atoms with Gasteiger partial charge < -0.3 is 10.2 Å². The molecule has 3 aromatic carbocycles. The summed E-state index contributed by atoms with van der Waals surface area (Å²) in [7, 11) is 0. The fourth-order valence-corrected chi connectivity index (χ4v) is 4.04. The molecule has 0 aliphatic carbocycles. The number of nitrogens with zero attached hydrogens (tertiary/aromatic N) is 3. The molecule has 168 valence electrons. The second-order valence-electron chi connectivity index (χ2n) is 7.69. The number of para-hydroxylation sites is 1.